The van der Waals surface area contributed by atoms with Gasteiger partial charge in [0.1, 0.15) is 12.4 Å². The van der Waals surface area contributed by atoms with Crippen LogP contribution in [0.3, 0.4) is 0 Å². The first-order valence-corrected chi connectivity index (χ1v) is 10.9. The summed E-state index contributed by atoms with van der Waals surface area (Å²) in [6.45, 7) is 10.8. The highest BCUT2D eigenvalue weighted by molar-refractivity contribution is 5.87. The van der Waals surface area contributed by atoms with Crippen LogP contribution in [0.5, 0.6) is 0 Å². The van der Waals surface area contributed by atoms with Crippen molar-refractivity contribution in [3.63, 3.8) is 0 Å². The number of oxime groups is 1. The third-order valence-corrected chi connectivity index (χ3v) is 8.81. The van der Waals surface area contributed by atoms with Crippen LogP contribution in [0, 0.1) is 34.5 Å². The number of nitrogens with one attached hydrogen (secondary N) is 1. The highest BCUT2D eigenvalue weighted by atomic mass is 16.6. The standard InChI is InChI=1S/C23H36N2O2/c1-15-13-16-14-17(25-27-12-11-24-4)7-9-22(16,2)19-8-10-23(3)18(21(15)19)5-6-20(23)26/h16,18-19,21,24H,1,5-14H2,2-4H3/t16-,18-,19-,21-,22-,23-/m0/s1. The van der Waals surface area contributed by atoms with Gasteiger partial charge in [-0.05, 0) is 81.1 Å². The van der Waals surface area contributed by atoms with Crippen molar-refractivity contribution in [2.75, 3.05) is 20.2 Å². The van der Waals surface area contributed by atoms with Gasteiger partial charge < -0.3 is 10.2 Å². The topological polar surface area (TPSA) is 50.7 Å². The molecule has 0 radical (unpaired) electrons. The third kappa shape index (κ3) is 2.99. The largest absolute Gasteiger partial charge is 0.394 e. The lowest BCUT2D eigenvalue weighted by Gasteiger charge is -2.60. The molecule has 0 saturated heterocycles. The van der Waals surface area contributed by atoms with Crippen LogP contribution in [0.1, 0.15) is 65.2 Å². The quantitative estimate of drug-likeness (QED) is 0.453. The van der Waals surface area contributed by atoms with Gasteiger partial charge in [-0.15, -0.1) is 0 Å². The van der Waals surface area contributed by atoms with Gasteiger partial charge in [-0.2, -0.15) is 0 Å². The molecule has 0 aromatic carbocycles. The molecule has 27 heavy (non-hydrogen) atoms. The number of carbonyl (C=O) groups is 1. The predicted octanol–water partition coefficient (Wildman–Crippen LogP) is 4.36. The molecule has 0 aliphatic heterocycles. The van der Waals surface area contributed by atoms with Crippen molar-refractivity contribution in [2.45, 2.75) is 65.2 Å². The summed E-state index contributed by atoms with van der Waals surface area (Å²) in [7, 11) is 1.93. The van der Waals surface area contributed by atoms with Crippen LogP contribution in [-0.2, 0) is 9.63 Å². The fourth-order valence-corrected chi connectivity index (χ4v) is 7.07. The average Bonchev–Trinajstić information content (AvgIpc) is 2.95. The van der Waals surface area contributed by atoms with E-state index >= 15 is 0 Å². The second kappa shape index (κ2) is 7.02. The van der Waals surface area contributed by atoms with Crippen molar-refractivity contribution in [1.82, 2.24) is 5.32 Å². The second-order valence-corrected chi connectivity index (χ2v) is 10.0. The van der Waals surface area contributed by atoms with Gasteiger partial charge in [-0.25, -0.2) is 0 Å². The van der Waals surface area contributed by atoms with Crippen LogP contribution < -0.4 is 5.32 Å². The Hall–Kier alpha value is -1.16. The molecule has 4 saturated carbocycles. The minimum atomic E-state index is -0.0737. The number of fused-ring (bicyclic) bond motifs is 5. The molecule has 0 aromatic rings. The number of hydrogen-bond donors (Lipinski definition) is 1. The summed E-state index contributed by atoms with van der Waals surface area (Å²) >= 11 is 0. The Kier molecular flexibility index (Phi) is 4.99. The van der Waals surface area contributed by atoms with Crippen LogP contribution in [0.15, 0.2) is 17.3 Å². The van der Waals surface area contributed by atoms with Crippen LogP contribution in [0.2, 0.25) is 0 Å². The molecule has 0 bridgehead atoms. The minimum absolute atomic E-state index is 0.0737. The van der Waals surface area contributed by atoms with Gasteiger partial charge >= 0.3 is 0 Å². The highest BCUT2D eigenvalue weighted by Crippen LogP contribution is 2.66. The second-order valence-electron chi connectivity index (χ2n) is 10.0. The molecule has 0 amide bonds. The number of nitrogens with zero attached hydrogens (tertiary/aromatic N) is 1. The Morgan fingerprint density at radius 2 is 2.00 bits per heavy atom. The maximum atomic E-state index is 12.6. The molecule has 4 rings (SSSR count). The first-order chi connectivity index (χ1) is 12.9. The first-order valence-electron chi connectivity index (χ1n) is 10.9. The van der Waals surface area contributed by atoms with Crippen molar-refractivity contribution in [1.29, 1.82) is 0 Å². The fourth-order valence-electron chi connectivity index (χ4n) is 7.07. The zero-order valence-corrected chi connectivity index (χ0v) is 17.4. The van der Waals surface area contributed by atoms with Gasteiger partial charge in [0.15, 0.2) is 0 Å². The van der Waals surface area contributed by atoms with Gasteiger partial charge in [0, 0.05) is 18.4 Å². The molecule has 4 fully saturated rings. The van der Waals surface area contributed by atoms with Gasteiger partial charge in [0.05, 0.1) is 5.71 Å². The molecule has 4 nitrogen and oxygen atoms in total. The Labute approximate surface area is 164 Å². The summed E-state index contributed by atoms with van der Waals surface area (Å²) in [4.78, 5) is 18.1. The molecule has 0 unspecified atom stereocenters. The Balaban J connectivity index is 1.52. The van der Waals surface area contributed by atoms with Gasteiger partial charge in [0.25, 0.3) is 0 Å². The molecule has 4 aliphatic carbocycles. The van der Waals surface area contributed by atoms with E-state index in [0.717, 1.165) is 45.1 Å². The van der Waals surface area contributed by atoms with Crippen LogP contribution in [0.4, 0.5) is 0 Å². The smallest absolute Gasteiger partial charge is 0.139 e. The van der Waals surface area contributed by atoms with E-state index in [1.165, 1.54) is 24.1 Å². The van der Waals surface area contributed by atoms with Gasteiger partial charge in [0.2, 0.25) is 0 Å². The molecule has 150 valence electrons. The summed E-state index contributed by atoms with van der Waals surface area (Å²) in [5.74, 6) is 2.94. The normalized spacial score (nSPS) is 45.4. The highest BCUT2D eigenvalue weighted by Gasteiger charge is 2.61. The molecular weight excluding hydrogens is 336 g/mol. The van der Waals surface area contributed by atoms with Crippen LogP contribution in [0.25, 0.3) is 0 Å². The molecule has 0 aromatic heterocycles. The SMILES string of the molecule is C=C1C[C@H]2CC(=NOCCNC)CC[C@]2(C)[C@H]2CC[C@]3(C)C(=O)CC[C@H]3[C@H]12. The van der Waals surface area contributed by atoms with Crippen molar-refractivity contribution in [3.8, 4) is 0 Å². The zero-order chi connectivity index (χ0) is 19.2. The molecule has 4 heteroatoms. The Morgan fingerprint density at radius 3 is 2.78 bits per heavy atom. The van der Waals surface area contributed by atoms with E-state index in [2.05, 4.69) is 30.9 Å². The lowest BCUT2D eigenvalue weighted by molar-refractivity contribution is -0.133. The summed E-state index contributed by atoms with van der Waals surface area (Å²) < 4.78 is 0. The number of Topliss-reactive ketones (excluding diaryl/α,β-unsaturated/α-hetero) is 1. The lowest BCUT2D eigenvalue weighted by atomic mass is 9.44. The third-order valence-electron chi connectivity index (χ3n) is 8.81. The van der Waals surface area contributed by atoms with E-state index in [-0.39, 0.29) is 5.41 Å². The molecule has 1 N–H and O–H groups in total. The van der Waals surface area contributed by atoms with Crippen molar-refractivity contribution in [3.05, 3.63) is 12.2 Å². The van der Waals surface area contributed by atoms with Crippen molar-refractivity contribution >= 4 is 11.5 Å². The number of likely N-dealkylation sites (N-methyl/N-ethyl adjacent to an activating group) is 1. The molecule has 6 atom stereocenters. The molecule has 0 heterocycles. The number of ketones is 1. The van der Waals surface area contributed by atoms with Crippen LogP contribution in [-0.4, -0.2) is 31.7 Å². The maximum absolute atomic E-state index is 12.6. The predicted molar refractivity (Wildman–Crippen MR) is 109 cm³/mol. The summed E-state index contributed by atoms with van der Waals surface area (Å²) in [5, 5.41) is 7.54. The number of allylic oxidation sites excluding steroid dienone is 1. The van der Waals surface area contributed by atoms with E-state index in [1.807, 2.05) is 7.05 Å². The van der Waals surface area contributed by atoms with E-state index in [0.29, 0.717) is 41.5 Å². The zero-order valence-electron chi connectivity index (χ0n) is 17.4. The number of carbonyl (C=O) groups excluding carboxylic acids is 1. The fraction of sp³-hybridized carbons (Fsp3) is 0.826. The van der Waals surface area contributed by atoms with E-state index in [4.69, 9.17) is 4.84 Å². The van der Waals surface area contributed by atoms with E-state index < -0.39 is 0 Å². The monoisotopic (exact) mass is 372 g/mol. The number of rotatable bonds is 4. The Bertz CT molecular complexity index is 657. The molecular formula is C23H36N2O2. The molecule has 0 spiro atoms. The van der Waals surface area contributed by atoms with Gasteiger partial charge in [-0.3, -0.25) is 4.79 Å². The van der Waals surface area contributed by atoms with Crippen molar-refractivity contribution < 1.29 is 9.63 Å². The average molecular weight is 373 g/mol. The minimum Gasteiger partial charge on any atom is -0.394 e. The van der Waals surface area contributed by atoms with Gasteiger partial charge in [-0.1, -0.05) is 31.2 Å². The number of hydrogen-bond acceptors (Lipinski definition) is 4. The summed E-state index contributed by atoms with van der Waals surface area (Å²) in [6, 6.07) is 0. The molecule has 4 aliphatic rings. The summed E-state index contributed by atoms with van der Waals surface area (Å²) in [5.41, 5.74) is 2.94. The Morgan fingerprint density at radius 1 is 1.19 bits per heavy atom. The lowest BCUT2D eigenvalue weighted by Crippen LogP contribution is -2.54. The maximum Gasteiger partial charge on any atom is 0.139 e. The van der Waals surface area contributed by atoms with E-state index in [9.17, 15) is 4.79 Å². The first kappa shape index (κ1) is 19.2. The van der Waals surface area contributed by atoms with E-state index in [1.54, 1.807) is 0 Å². The van der Waals surface area contributed by atoms with Crippen LogP contribution >= 0.6 is 0 Å². The van der Waals surface area contributed by atoms with Crippen molar-refractivity contribution in [2.24, 2.45) is 39.7 Å². The summed E-state index contributed by atoms with van der Waals surface area (Å²) in [6.07, 6.45) is 8.58.